The van der Waals surface area contributed by atoms with Crippen molar-refractivity contribution < 1.29 is 27.6 Å². The van der Waals surface area contributed by atoms with Crippen LogP contribution in [0.2, 0.25) is 5.02 Å². The molecule has 0 aromatic heterocycles. The van der Waals surface area contributed by atoms with Gasteiger partial charge in [0.15, 0.2) is 6.19 Å². The van der Waals surface area contributed by atoms with E-state index in [2.05, 4.69) is 0 Å². The molecule has 0 aliphatic rings. The van der Waals surface area contributed by atoms with Gasteiger partial charge in [-0.15, -0.1) is 0 Å². The van der Waals surface area contributed by atoms with Crippen molar-refractivity contribution in [3.05, 3.63) is 62.7 Å². The zero-order chi connectivity index (χ0) is 19.5. The molecule has 0 saturated heterocycles. The van der Waals surface area contributed by atoms with E-state index in [9.17, 15) is 28.1 Å². The van der Waals surface area contributed by atoms with Crippen LogP contribution < -0.4 is 10.1 Å². The number of rotatable bonds is 4. The molecule has 0 bridgehead atoms. The zero-order valence-corrected chi connectivity index (χ0v) is 16.3. The zero-order valence-electron chi connectivity index (χ0n) is 13.5. The van der Waals surface area contributed by atoms with Crippen molar-refractivity contribution in [1.29, 1.82) is 5.26 Å². The second-order valence-electron chi connectivity index (χ2n) is 4.75. The van der Waals surface area contributed by atoms with Crippen molar-refractivity contribution in [2.75, 3.05) is 0 Å². The van der Waals surface area contributed by atoms with Gasteiger partial charge in [0.25, 0.3) is 11.6 Å². The first-order valence-corrected chi connectivity index (χ1v) is 7.03. The second-order valence-corrected chi connectivity index (χ2v) is 5.15. The number of nitriles is 1. The fraction of sp³-hybridized carbons (Fsp3) is 0.0667. The molecule has 0 unspecified atom stereocenters. The summed E-state index contributed by atoms with van der Waals surface area (Å²) in [4.78, 5) is 21.9. The molecule has 0 atom stereocenters. The Kier molecular flexibility index (Phi) is 7.62. The van der Waals surface area contributed by atoms with Gasteiger partial charge in [0.2, 0.25) is 0 Å². The van der Waals surface area contributed by atoms with Crippen LogP contribution in [0.4, 0.5) is 18.9 Å². The maximum absolute atomic E-state index is 12.6. The fourth-order valence-corrected chi connectivity index (χ4v) is 2.14. The van der Waals surface area contributed by atoms with Crippen molar-refractivity contribution in [3.8, 4) is 17.7 Å². The molecule has 135 valence electrons. The molecule has 2 aromatic rings. The van der Waals surface area contributed by atoms with Gasteiger partial charge < -0.3 is 4.74 Å². The maximum atomic E-state index is 12.6. The van der Waals surface area contributed by atoms with Crippen molar-refractivity contribution >= 4 is 52.8 Å². The first-order valence-electron chi connectivity index (χ1n) is 6.66. The summed E-state index contributed by atoms with van der Waals surface area (Å²) >= 11 is 5.76. The fourth-order valence-electron chi connectivity index (χ4n) is 1.92. The molecule has 0 spiro atoms. The van der Waals surface area contributed by atoms with E-state index < -0.39 is 33.8 Å². The molecule has 1 N–H and O–H groups in total. The third kappa shape index (κ3) is 5.58. The third-order valence-electron chi connectivity index (χ3n) is 3.07. The van der Waals surface area contributed by atoms with Crippen LogP contribution >= 0.6 is 11.6 Å². The second kappa shape index (κ2) is 9.05. The number of carbonyl (C=O) groups excluding carboxylic acids is 1. The first-order chi connectivity index (χ1) is 12.1. The van der Waals surface area contributed by atoms with Gasteiger partial charge in [0, 0.05) is 41.7 Å². The van der Waals surface area contributed by atoms with Gasteiger partial charge in [-0.3, -0.25) is 20.2 Å². The summed E-state index contributed by atoms with van der Waals surface area (Å²) in [6, 6.07) is 5.44. The topological polar surface area (TPSA) is 105 Å². The molecule has 0 fully saturated rings. The minimum Gasteiger partial charge on any atom is -0.456 e. The number of nitro benzene ring substituents is 1. The summed E-state index contributed by atoms with van der Waals surface area (Å²) in [5.74, 6) is -1.29. The van der Waals surface area contributed by atoms with Gasteiger partial charge in [0.05, 0.1) is 15.5 Å². The molecule has 12 heteroatoms. The van der Waals surface area contributed by atoms with Crippen molar-refractivity contribution in [1.82, 2.24) is 5.32 Å². The average molecular weight is 409 g/mol. The minimum atomic E-state index is -4.59. The van der Waals surface area contributed by atoms with Gasteiger partial charge in [-0.1, -0.05) is 11.6 Å². The van der Waals surface area contributed by atoms with E-state index in [1.165, 1.54) is 6.19 Å². The van der Waals surface area contributed by atoms with Crippen LogP contribution in [0.5, 0.6) is 11.5 Å². The predicted molar refractivity (Wildman–Crippen MR) is 88.5 cm³/mol. The van der Waals surface area contributed by atoms with Crippen molar-refractivity contribution in [2.45, 2.75) is 6.18 Å². The summed E-state index contributed by atoms with van der Waals surface area (Å²) < 4.78 is 43.2. The number of carbonyl (C=O) groups is 1. The third-order valence-corrected chi connectivity index (χ3v) is 3.36. The Morgan fingerprint density at radius 3 is 2.44 bits per heavy atom. The van der Waals surface area contributed by atoms with Crippen LogP contribution in [0.1, 0.15) is 15.9 Å². The molecule has 0 heterocycles. The van der Waals surface area contributed by atoms with Crippen molar-refractivity contribution in [3.63, 3.8) is 0 Å². The molecule has 1 radical (unpaired) electrons. The average Bonchev–Trinajstić information content (AvgIpc) is 2.55. The molecule has 7 nitrogen and oxygen atoms in total. The largest absolute Gasteiger partial charge is 0.456 e. The Hall–Kier alpha value is -2.32. The van der Waals surface area contributed by atoms with Gasteiger partial charge in [-0.2, -0.15) is 18.4 Å². The van der Waals surface area contributed by atoms with E-state index in [0.717, 1.165) is 30.3 Å². The van der Waals surface area contributed by atoms with Crippen LogP contribution in [0, 0.1) is 21.6 Å². The van der Waals surface area contributed by atoms with Crippen LogP contribution in [-0.2, 0) is 6.18 Å². The number of hydrogen-bond donors (Lipinski definition) is 1. The van der Waals surface area contributed by atoms with Crippen molar-refractivity contribution in [2.24, 2.45) is 0 Å². The predicted octanol–water partition coefficient (Wildman–Crippen LogP) is 3.89. The Labute approximate surface area is 177 Å². The summed E-state index contributed by atoms with van der Waals surface area (Å²) in [6.45, 7) is 0. The Balaban J connectivity index is 0.00000364. The van der Waals surface area contributed by atoms with Crippen LogP contribution in [0.15, 0.2) is 36.4 Å². The molecule has 2 aromatic carbocycles. The minimum absolute atomic E-state index is 0. The summed E-state index contributed by atoms with van der Waals surface area (Å²) in [7, 11) is 0. The Morgan fingerprint density at radius 2 is 1.93 bits per heavy atom. The number of nitro groups is 1. The van der Waals surface area contributed by atoms with E-state index in [1.54, 1.807) is 5.32 Å². The van der Waals surface area contributed by atoms with E-state index in [1.807, 2.05) is 0 Å². The van der Waals surface area contributed by atoms with E-state index in [0.29, 0.717) is 6.07 Å². The summed E-state index contributed by atoms with van der Waals surface area (Å²) in [5, 5.41) is 20.8. The molecule has 2 rings (SSSR count). The van der Waals surface area contributed by atoms with Crippen LogP contribution in [-0.4, -0.2) is 40.4 Å². The number of nitrogens with one attached hydrogen (secondary N) is 1. The van der Waals surface area contributed by atoms with E-state index in [4.69, 9.17) is 21.6 Å². The molecule has 0 aliphatic carbocycles. The maximum Gasteiger partial charge on any atom is 0.416 e. The normalized spacial score (nSPS) is 10.3. The van der Waals surface area contributed by atoms with Gasteiger partial charge in [-0.25, -0.2) is 0 Å². The van der Waals surface area contributed by atoms with Gasteiger partial charge >= 0.3 is 6.18 Å². The van der Waals surface area contributed by atoms with Crippen LogP contribution in [0.25, 0.3) is 0 Å². The molecular weight excluding hydrogens is 402 g/mol. The Morgan fingerprint density at radius 1 is 1.26 bits per heavy atom. The number of benzene rings is 2. The summed E-state index contributed by atoms with van der Waals surface area (Å²) in [5.41, 5.74) is -2.02. The van der Waals surface area contributed by atoms with Gasteiger partial charge in [-0.05, 0) is 24.3 Å². The molecular formula is C15H7ClF3N3NaO4. The monoisotopic (exact) mass is 408 g/mol. The molecule has 0 saturated carbocycles. The first kappa shape index (κ1) is 22.7. The number of halogens is 4. The smallest absolute Gasteiger partial charge is 0.416 e. The Bertz CT molecular complexity index is 931. The number of nitrogens with zero attached hydrogens (tertiary/aromatic N) is 2. The molecule has 0 aliphatic heterocycles. The van der Waals surface area contributed by atoms with E-state index in [-0.39, 0.29) is 46.1 Å². The number of hydrogen-bond acceptors (Lipinski definition) is 5. The molecule has 27 heavy (non-hydrogen) atoms. The quantitative estimate of drug-likeness (QED) is 0.272. The number of ether oxygens (including phenoxy) is 1. The molecule has 1 amide bonds. The summed E-state index contributed by atoms with van der Waals surface area (Å²) in [6.07, 6.45) is -3.25. The van der Waals surface area contributed by atoms with E-state index >= 15 is 0 Å². The van der Waals surface area contributed by atoms with Gasteiger partial charge in [0.1, 0.15) is 17.1 Å². The number of amides is 1. The SMILES string of the molecule is N#CNC(=O)c1cc(Oc2ccc(C(F)(F)F)cc2Cl)ccc1[N+](=O)[O-].[Na]. The van der Waals surface area contributed by atoms with Crippen LogP contribution in [0.3, 0.4) is 0 Å². The standard InChI is InChI=1S/C15H7ClF3N3O4.Na/c16-11-5-8(15(17,18)19)1-4-13(11)26-9-2-3-12(22(24)25)10(6-9)14(23)21-7-20;/h1-6H,(H,21,23);. The number of alkyl halides is 3.